The fourth-order valence-corrected chi connectivity index (χ4v) is 1.62. The van der Waals surface area contributed by atoms with Crippen LogP contribution in [0.3, 0.4) is 0 Å². The van der Waals surface area contributed by atoms with E-state index < -0.39 is 6.04 Å². The number of rotatable bonds is 8. The Morgan fingerprint density at radius 1 is 1.25 bits per heavy atom. The molecule has 0 aromatic carbocycles. The van der Waals surface area contributed by atoms with Crippen LogP contribution in [-0.4, -0.2) is 68.6 Å². The number of hydrogen-bond donors (Lipinski definition) is 1. The number of likely N-dealkylation sites (N-methyl/N-ethyl adjacent to an activating group) is 1. The molecule has 0 radical (unpaired) electrons. The topological polar surface area (TPSA) is 75.9 Å². The summed E-state index contributed by atoms with van der Waals surface area (Å²) in [6.45, 7) is 4.83. The number of nitrogens with zero attached hydrogens (tertiary/aromatic N) is 2. The van der Waals surface area contributed by atoms with Crippen molar-refractivity contribution in [3.63, 3.8) is 0 Å². The molecule has 0 fully saturated rings. The molecule has 7 heteroatoms. The van der Waals surface area contributed by atoms with Crippen molar-refractivity contribution >= 4 is 24.2 Å². The molecule has 0 aliphatic carbocycles. The second-order valence-corrected chi connectivity index (χ2v) is 5.28. The summed E-state index contributed by atoms with van der Waals surface area (Å²) in [6.07, 6.45) is 0.610. The SMILES string of the molecule is COCCN(CC(=O)N(C)C)C(=O)[C@@H](N)CC(C)C.Cl. The largest absolute Gasteiger partial charge is 0.383 e. The molecule has 0 aliphatic heterocycles. The number of halogens is 1. The third-order valence-corrected chi connectivity index (χ3v) is 2.74. The Hall–Kier alpha value is -0.850. The molecule has 2 amide bonds. The number of amides is 2. The molecule has 0 spiro atoms. The quantitative estimate of drug-likeness (QED) is 0.702. The van der Waals surface area contributed by atoms with Gasteiger partial charge < -0.3 is 20.3 Å². The van der Waals surface area contributed by atoms with Crippen LogP contribution in [0.5, 0.6) is 0 Å². The van der Waals surface area contributed by atoms with Crippen LogP contribution in [0.2, 0.25) is 0 Å². The lowest BCUT2D eigenvalue weighted by Gasteiger charge is -2.26. The van der Waals surface area contributed by atoms with Crippen molar-refractivity contribution in [3.05, 3.63) is 0 Å². The van der Waals surface area contributed by atoms with Gasteiger partial charge in [-0.15, -0.1) is 12.4 Å². The van der Waals surface area contributed by atoms with Crippen LogP contribution in [0.4, 0.5) is 0 Å². The Morgan fingerprint density at radius 3 is 2.20 bits per heavy atom. The minimum absolute atomic E-state index is 0. The van der Waals surface area contributed by atoms with Gasteiger partial charge in [0.2, 0.25) is 11.8 Å². The van der Waals surface area contributed by atoms with E-state index in [2.05, 4.69) is 0 Å². The van der Waals surface area contributed by atoms with Crippen LogP contribution in [0.15, 0.2) is 0 Å². The number of ether oxygens (including phenoxy) is 1. The number of carbonyl (C=O) groups excluding carboxylic acids is 2. The van der Waals surface area contributed by atoms with Gasteiger partial charge in [-0.1, -0.05) is 13.8 Å². The van der Waals surface area contributed by atoms with Crippen LogP contribution in [0.25, 0.3) is 0 Å². The third-order valence-electron chi connectivity index (χ3n) is 2.74. The third kappa shape index (κ3) is 8.35. The molecule has 120 valence electrons. The first-order chi connectivity index (χ1) is 8.79. The van der Waals surface area contributed by atoms with Gasteiger partial charge in [-0.25, -0.2) is 0 Å². The Balaban J connectivity index is 0. The Kier molecular flexibility index (Phi) is 11.7. The van der Waals surface area contributed by atoms with Crippen molar-refractivity contribution in [2.45, 2.75) is 26.3 Å². The molecule has 20 heavy (non-hydrogen) atoms. The fourth-order valence-electron chi connectivity index (χ4n) is 1.62. The number of nitrogens with two attached hydrogens (primary N) is 1. The zero-order valence-electron chi connectivity index (χ0n) is 13.1. The van der Waals surface area contributed by atoms with E-state index in [0.29, 0.717) is 25.5 Å². The second-order valence-electron chi connectivity index (χ2n) is 5.28. The van der Waals surface area contributed by atoms with E-state index in [4.69, 9.17) is 10.5 Å². The van der Waals surface area contributed by atoms with Crippen LogP contribution >= 0.6 is 12.4 Å². The van der Waals surface area contributed by atoms with Gasteiger partial charge in [0.05, 0.1) is 19.2 Å². The summed E-state index contributed by atoms with van der Waals surface area (Å²) >= 11 is 0. The van der Waals surface area contributed by atoms with Gasteiger partial charge in [-0.05, 0) is 12.3 Å². The van der Waals surface area contributed by atoms with Gasteiger partial charge in [0.15, 0.2) is 0 Å². The summed E-state index contributed by atoms with van der Waals surface area (Å²) in [5.41, 5.74) is 5.89. The number of methoxy groups -OCH3 is 1. The monoisotopic (exact) mass is 309 g/mol. The molecular formula is C13H28ClN3O3. The summed E-state index contributed by atoms with van der Waals surface area (Å²) in [5, 5.41) is 0. The van der Waals surface area contributed by atoms with E-state index in [9.17, 15) is 9.59 Å². The number of hydrogen-bond acceptors (Lipinski definition) is 4. The Bertz CT molecular complexity index is 299. The Morgan fingerprint density at radius 2 is 1.80 bits per heavy atom. The molecule has 0 saturated heterocycles. The van der Waals surface area contributed by atoms with Gasteiger partial charge >= 0.3 is 0 Å². The fraction of sp³-hybridized carbons (Fsp3) is 0.846. The smallest absolute Gasteiger partial charge is 0.241 e. The highest BCUT2D eigenvalue weighted by atomic mass is 35.5. The van der Waals surface area contributed by atoms with Crippen molar-refractivity contribution in [1.29, 1.82) is 0 Å². The van der Waals surface area contributed by atoms with Gasteiger partial charge in [0.1, 0.15) is 0 Å². The average Bonchev–Trinajstić information content (AvgIpc) is 2.32. The molecular weight excluding hydrogens is 282 g/mol. The summed E-state index contributed by atoms with van der Waals surface area (Å²) < 4.78 is 4.97. The van der Waals surface area contributed by atoms with Gasteiger partial charge in [-0.3, -0.25) is 9.59 Å². The molecule has 0 saturated carbocycles. The minimum atomic E-state index is -0.563. The molecule has 2 N–H and O–H groups in total. The first-order valence-corrected chi connectivity index (χ1v) is 6.53. The van der Waals surface area contributed by atoms with E-state index in [-0.39, 0.29) is 30.8 Å². The Labute approximate surface area is 128 Å². The van der Waals surface area contributed by atoms with Crippen LogP contribution < -0.4 is 5.73 Å². The molecule has 0 unspecified atom stereocenters. The molecule has 1 atom stereocenters. The lowest BCUT2D eigenvalue weighted by molar-refractivity contribution is -0.140. The normalized spacial score (nSPS) is 11.8. The highest BCUT2D eigenvalue weighted by Crippen LogP contribution is 2.06. The summed E-state index contributed by atoms with van der Waals surface area (Å²) in [5.74, 6) is 0.0231. The highest BCUT2D eigenvalue weighted by Gasteiger charge is 2.24. The molecule has 6 nitrogen and oxygen atoms in total. The van der Waals surface area contributed by atoms with E-state index in [1.807, 2.05) is 13.8 Å². The lowest BCUT2D eigenvalue weighted by Crippen LogP contribution is -2.49. The maximum Gasteiger partial charge on any atom is 0.241 e. The molecule has 0 bridgehead atoms. The van der Waals surface area contributed by atoms with Crippen LogP contribution in [0.1, 0.15) is 20.3 Å². The van der Waals surface area contributed by atoms with Crippen molar-refractivity contribution in [2.24, 2.45) is 11.7 Å². The van der Waals surface area contributed by atoms with Gasteiger partial charge in [0.25, 0.3) is 0 Å². The van der Waals surface area contributed by atoms with Crippen molar-refractivity contribution in [2.75, 3.05) is 40.9 Å². The van der Waals surface area contributed by atoms with Crippen LogP contribution in [-0.2, 0) is 14.3 Å². The van der Waals surface area contributed by atoms with E-state index >= 15 is 0 Å². The predicted molar refractivity (Wildman–Crippen MR) is 81.8 cm³/mol. The highest BCUT2D eigenvalue weighted by molar-refractivity contribution is 5.87. The zero-order valence-corrected chi connectivity index (χ0v) is 13.9. The lowest BCUT2D eigenvalue weighted by atomic mass is 10.0. The van der Waals surface area contributed by atoms with E-state index in [0.717, 1.165) is 0 Å². The maximum atomic E-state index is 12.2. The predicted octanol–water partition coefficient (Wildman–Crippen LogP) is 0.345. The molecule has 0 aromatic heterocycles. The summed E-state index contributed by atoms with van der Waals surface area (Å²) in [4.78, 5) is 26.9. The zero-order chi connectivity index (χ0) is 15.0. The van der Waals surface area contributed by atoms with Crippen molar-refractivity contribution in [1.82, 2.24) is 9.80 Å². The summed E-state index contributed by atoms with van der Waals surface area (Å²) in [6, 6.07) is -0.563. The average molecular weight is 310 g/mol. The molecule has 0 aromatic rings. The van der Waals surface area contributed by atoms with Crippen molar-refractivity contribution in [3.8, 4) is 0 Å². The van der Waals surface area contributed by atoms with E-state index in [1.165, 1.54) is 9.80 Å². The molecule has 0 rings (SSSR count). The van der Waals surface area contributed by atoms with Gasteiger partial charge in [0, 0.05) is 27.7 Å². The van der Waals surface area contributed by atoms with E-state index in [1.54, 1.807) is 21.2 Å². The number of carbonyl (C=O) groups is 2. The van der Waals surface area contributed by atoms with Crippen molar-refractivity contribution < 1.29 is 14.3 Å². The standard InChI is InChI=1S/C13H27N3O3.ClH/c1-10(2)8-11(14)13(18)16(6-7-19-5)9-12(17)15(3)4;/h10-11H,6-9,14H2,1-5H3;1H/t11-;/m0./s1. The maximum absolute atomic E-state index is 12.2. The minimum Gasteiger partial charge on any atom is -0.383 e. The second kappa shape index (κ2) is 10.9. The summed E-state index contributed by atoms with van der Waals surface area (Å²) in [7, 11) is 4.88. The van der Waals surface area contributed by atoms with Crippen LogP contribution in [0, 0.1) is 5.92 Å². The molecule has 0 heterocycles. The molecule has 0 aliphatic rings. The van der Waals surface area contributed by atoms with Gasteiger partial charge in [-0.2, -0.15) is 0 Å². The first kappa shape index (κ1) is 21.4. The first-order valence-electron chi connectivity index (χ1n) is 6.53.